The number of rotatable bonds is 6. The van der Waals surface area contributed by atoms with Gasteiger partial charge in [-0.25, -0.2) is 4.79 Å². The van der Waals surface area contributed by atoms with Crippen LogP contribution in [0.5, 0.6) is 5.75 Å². The summed E-state index contributed by atoms with van der Waals surface area (Å²) in [6.45, 7) is -0.480. The van der Waals surface area contributed by atoms with Gasteiger partial charge in [0.2, 0.25) is 0 Å². The molecule has 0 aromatic heterocycles. The Morgan fingerprint density at radius 1 is 1.23 bits per heavy atom. The fourth-order valence-corrected chi connectivity index (χ4v) is 2.52. The van der Waals surface area contributed by atoms with Crippen molar-refractivity contribution >= 4 is 46.2 Å². The maximum atomic E-state index is 12.0. The first-order chi connectivity index (χ1) is 12.5. The van der Waals surface area contributed by atoms with Crippen molar-refractivity contribution in [2.45, 2.75) is 0 Å². The molecule has 0 radical (unpaired) electrons. The van der Waals surface area contributed by atoms with E-state index < -0.39 is 18.5 Å². The van der Waals surface area contributed by atoms with Gasteiger partial charge in [-0.3, -0.25) is 4.79 Å². The minimum absolute atomic E-state index is 0.197. The molecule has 2 aromatic carbocycles. The van der Waals surface area contributed by atoms with Crippen LogP contribution in [0.3, 0.4) is 0 Å². The summed E-state index contributed by atoms with van der Waals surface area (Å²) in [5.41, 5.74) is 1.05. The summed E-state index contributed by atoms with van der Waals surface area (Å²) in [5.74, 6) is -0.682. The predicted molar refractivity (Wildman–Crippen MR) is 105 cm³/mol. The van der Waals surface area contributed by atoms with Crippen LogP contribution >= 0.6 is 22.6 Å². The average molecular weight is 462 g/mol. The van der Waals surface area contributed by atoms with E-state index in [0.29, 0.717) is 17.0 Å². The summed E-state index contributed by atoms with van der Waals surface area (Å²) < 4.78 is 10.9. The lowest BCUT2D eigenvalue weighted by Gasteiger charge is -2.06. The van der Waals surface area contributed by atoms with E-state index in [-0.39, 0.29) is 5.57 Å². The molecular weight excluding hydrogens is 447 g/mol. The van der Waals surface area contributed by atoms with Crippen LogP contribution in [-0.2, 0) is 14.3 Å². The number of carbonyl (C=O) groups excluding carboxylic acids is 2. The standard InChI is InChI=1S/C19H15IN2O4/c1-25-17-7-5-13(6-8-17)9-14(11-21)19(24)26-12-18(23)22-16-4-2-3-15(20)10-16/h2-10H,12H2,1H3,(H,22,23)/b14-9+. The Morgan fingerprint density at radius 2 is 1.96 bits per heavy atom. The molecule has 132 valence electrons. The van der Waals surface area contributed by atoms with Crippen molar-refractivity contribution in [3.05, 3.63) is 63.2 Å². The quantitative estimate of drug-likeness (QED) is 0.308. The molecule has 0 fully saturated rings. The molecule has 0 saturated heterocycles. The number of ether oxygens (including phenoxy) is 2. The highest BCUT2D eigenvalue weighted by Crippen LogP contribution is 2.15. The first-order valence-electron chi connectivity index (χ1n) is 7.50. The molecule has 0 aliphatic rings. The van der Waals surface area contributed by atoms with Gasteiger partial charge in [0, 0.05) is 9.26 Å². The van der Waals surface area contributed by atoms with Crippen molar-refractivity contribution in [1.29, 1.82) is 5.26 Å². The summed E-state index contributed by atoms with van der Waals surface area (Å²) >= 11 is 2.12. The van der Waals surface area contributed by atoms with Gasteiger partial charge in [0.05, 0.1) is 7.11 Å². The molecule has 0 atom stereocenters. The van der Waals surface area contributed by atoms with Crippen molar-refractivity contribution in [2.24, 2.45) is 0 Å². The minimum Gasteiger partial charge on any atom is -0.497 e. The third-order valence-electron chi connectivity index (χ3n) is 3.21. The highest BCUT2D eigenvalue weighted by molar-refractivity contribution is 14.1. The molecule has 1 N–H and O–H groups in total. The van der Waals surface area contributed by atoms with E-state index in [2.05, 4.69) is 27.9 Å². The van der Waals surface area contributed by atoms with Crippen molar-refractivity contribution in [2.75, 3.05) is 19.0 Å². The molecule has 0 saturated carbocycles. The molecule has 0 spiro atoms. The van der Waals surface area contributed by atoms with E-state index in [1.165, 1.54) is 6.08 Å². The van der Waals surface area contributed by atoms with E-state index in [4.69, 9.17) is 14.7 Å². The highest BCUT2D eigenvalue weighted by Gasteiger charge is 2.13. The van der Waals surface area contributed by atoms with Crippen molar-refractivity contribution in [3.8, 4) is 11.8 Å². The zero-order chi connectivity index (χ0) is 18.9. The number of amides is 1. The van der Waals surface area contributed by atoms with E-state index >= 15 is 0 Å². The number of anilines is 1. The van der Waals surface area contributed by atoms with Gasteiger partial charge in [-0.05, 0) is 64.6 Å². The van der Waals surface area contributed by atoms with Crippen molar-refractivity contribution < 1.29 is 19.1 Å². The van der Waals surface area contributed by atoms with Crippen LogP contribution in [0.15, 0.2) is 54.1 Å². The van der Waals surface area contributed by atoms with E-state index in [1.54, 1.807) is 55.6 Å². The fourth-order valence-electron chi connectivity index (χ4n) is 1.98. The lowest BCUT2D eigenvalue weighted by Crippen LogP contribution is -2.21. The molecule has 2 aromatic rings. The number of hydrogen-bond donors (Lipinski definition) is 1. The second-order valence-corrected chi connectivity index (χ2v) is 6.32. The summed E-state index contributed by atoms with van der Waals surface area (Å²) in [5, 5.41) is 11.8. The number of halogens is 1. The molecule has 1 amide bonds. The number of esters is 1. The molecule has 6 nitrogen and oxygen atoms in total. The summed E-state index contributed by atoms with van der Waals surface area (Å²) in [6, 6.07) is 15.8. The van der Waals surface area contributed by atoms with E-state index in [1.807, 2.05) is 6.07 Å². The van der Waals surface area contributed by atoms with Crippen LogP contribution in [0.4, 0.5) is 5.69 Å². The van der Waals surface area contributed by atoms with Crippen LogP contribution in [0.25, 0.3) is 6.08 Å². The number of nitrogens with zero attached hydrogens (tertiary/aromatic N) is 1. The number of methoxy groups -OCH3 is 1. The van der Waals surface area contributed by atoms with Gasteiger partial charge < -0.3 is 14.8 Å². The topological polar surface area (TPSA) is 88.4 Å². The Labute approximate surface area is 164 Å². The van der Waals surface area contributed by atoms with Crippen LogP contribution < -0.4 is 10.1 Å². The Kier molecular flexibility index (Phi) is 7.17. The van der Waals surface area contributed by atoms with E-state index in [9.17, 15) is 9.59 Å². The maximum absolute atomic E-state index is 12.0. The van der Waals surface area contributed by atoms with E-state index in [0.717, 1.165) is 3.57 Å². The number of nitriles is 1. The Balaban J connectivity index is 1.94. The van der Waals surface area contributed by atoms with Crippen LogP contribution in [0.1, 0.15) is 5.56 Å². The smallest absolute Gasteiger partial charge is 0.349 e. The summed E-state index contributed by atoms with van der Waals surface area (Å²) in [6.07, 6.45) is 1.39. The number of carbonyl (C=O) groups is 2. The normalized spacial score (nSPS) is 10.6. The molecule has 7 heteroatoms. The van der Waals surface area contributed by atoms with Gasteiger partial charge in [0.1, 0.15) is 17.4 Å². The Bertz CT molecular complexity index is 870. The average Bonchev–Trinajstić information content (AvgIpc) is 2.64. The van der Waals surface area contributed by atoms with Crippen molar-refractivity contribution in [3.63, 3.8) is 0 Å². The highest BCUT2D eigenvalue weighted by atomic mass is 127. The third-order valence-corrected chi connectivity index (χ3v) is 3.88. The Morgan fingerprint density at radius 3 is 2.58 bits per heavy atom. The number of nitrogens with one attached hydrogen (secondary N) is 1. The lowest BCUT2D eigenvalue weighted by molar-refractivity contribution is -0.142. The van der Waals surface area contributed by atoms with Gasteiger partial charge >= 0.3 is 5.97 Å². The zero-order valence-corrected chi connectivity index (χ0v) is 16.0. The lowest BCUT2D eigenvalue weighted by atomic mass is 10.1. The molecule has 0 bridgehead atoms. The molecule has 0 aliphatic carbocycles. The van der Waals surface area contributed by atoms with Gasteiger partial charge in [-0.2, -0.15) is 5.26 Å². The zero-order valence-electron chi connectivity index (χ0n) is 13.9. The second-order valence-electron chi connectivity index (χ2n) is 5.08. The first kappa shape index (κ1) is 19.5. The van der Waals surface area contributed by atoms with Gasteiger partial charge in [0.25, 0.3) is 5.91 Å². The van der Waals surface area contributed by atoms with Crippen LogP contribution in [0.2, 0.25) is 0 Å². The monoisotopic (exact) mass is 462 g/mol. The third kappa shape index (κ3) is 5.89. The number of hydrogen-bond acceptors (Lipinski definition) is 5. The van der Waals surface area contributed by atoms with Gasteiger partial charge in [0.15, 0.2) is 6.61 Å². The largest absolute Gasteiger partial charge is 0.497 e. The number of benzene rings is 2. The van der Waals surface area contributed by atoms with Crippen LogP contribution in [-0.4, -0.2) is 25.6 Å². The molecule has 0 aliphatic heterocycles. The fraction of sp³-hybridized carbons (Fsp3) is 0.105. The van der Waals surface area contributed by atoms with Gasteiger partial charge in [-0.1, -0.05) is 18.2 Å². The predicted octanol–water partition coefficient (Wildman–Crippen LogP) is 3.39. The van der Waals surface area contributed by atoms with Crippen molar-refractivity contribution in [1.82, 2.24) is 0 Å². The summed E-state index contributed by atoms with van der Waals surface area (Å²) in [7, 11) is 1.55. The molecule has 2 rings (SSSR count). The van der Waals surface area contributed by atoms with Crippen LogP contribution in [0, 0.1) is 14.9 Å². The Hall–Kier alpha value is -2.86. The first-order valence-corrected chi connectivity index (χ1v) is 8.58. The molecular formula is C19H15IN2O4. The SMILES string of the molecule is COc1ccc(/C=C(\C#N)C(=O)OCC(=O)Nc2cccc(I)c2)cc1. The molecule has 0 unspecified atom stereocenters. The maximum Gasteiger partial charge on any atom is 0.349 e. The second kappa shape index (κ2) is 9.58. The summed E-state index contributed by atoms with van der Waals surface area (Å²) in [4.78, 5) is 23.9. The van der Waals surface area contributed by atoms with Gasteiger partial charge in [-0.15, -0.1) is 0 Å². The molecule has 26 heavy (non-hydrogen) atoms. The minimum atomic E-state index is -0.860. The molecule has 0 heterocycles.